The van der Waals surface area contributed by atoms with Gasteiger partial charge in [-0.2, -0.15) is 5.10 Å². The Morgan fingerprint density at radius 2 is 2.11 bits per heavy atom. The molecule has 0 aliphatic carbocycles. The second-order valence-electron chi connectivity index (χ2n) is 4.37. The van der Waals surface area contributed by atoms with Gasteiger partial charge in [0.2, 0.25) is 4.96 Å². The average molecular weight is 295 g/mol. The number of fused-ring (bicyclic) bond motifs is 1. The molecule has 0 unspecified atom stereocenters. The van der Waals surface area contributed by atoms with E-state index in [0.717, 1.165) is 15.7 Å². The highest BCUT2D eigenvalue weighted by Crippen LogP contribution is 2.25. The number of rotatable bonds is 2. The highest BCUT2D eigenvalue weighted by atomic mass is 35.5. The predicted octanol–water partition coefficient (Wildman–Crippen LogP) is 2.96. The minimum absolute atomic E-state index is 0. The number of imidazole rings is 1. The molecule has 100 valence electrons. The van der Waals surface area contributed by atoms with Gasteiger partial charge in [0.1, 0.15) is 5.01 Å². The number of aryl methyl sites for hydroxylation is 2. The maximum atomic E-state index is 5.57. The van der Waals surface area contributed by atoms with Gasteiger partial charge in [-0.25, -0.2) is 9.50 Å². The van der Waals surface area contributed by atoms with Crippen LogP contribution in [0.3, 0.4) is 0 Å². The van der Waals surface area contributed by atoms with Crippen molar-refractivity contribution in [2.24, 2.45) is 5.73 Å². The summed E-state index contributed by atoms with van der Waals surface area (Å²) >= 11 is 1.54. The fourth-order valence-electron chi connectivity index (χ4n) is 1.97. The van der Waals surface area contributed by atoms with Gasteiger partial charge in [-0.3, -0.25) is 0 Å². The number of nitrogens with zero attached hydrogens (tertiary/aromatic N) is 3. The van der Waals surface area contributed by atoms with Gasteiger partial charge >= 0.3 is 0 Å². The first kappa shape index (κ1) is 14.0. The summed E-state index contributed by atoms with van der Waals surface area (Å²) in [6, 6.07) is 6.39. The lowest BCUT2D eigenvalue weighted by Crippen LogP contribution is -1.95. The van der Waals surface area contributed by atoms with Crippen molar-refractivity contribution in [3.8, 4) is 11.3 Å². The zero-order valence-electron chi connectivity index (χ0n) is 10.8. The average Bonchev–Trinajstić information content (AvgIpc) is 2.89. The molecule has 2 N–H and O–H groups in total. The molecule has 0 saturated carbocycles. The third-order valence-corrected chi connectivity index (χ3v) is 3.87. The van der Waals surface area contributed by atoms with Crippen molar-refractivity contribution in [2.75, 3.05) is 0 Å². The Labute approximate surface area is 121 Å². The molecule has 0 spiro atoms. The highest BCUT2D eigenvalue weighted by molar-refractivity contribution is 7.16. The third kappa shape index (κ3) is 2.49. The molecule has 1 aromatic carbocycles. The molecule has 3 aromatic rings. The summed E-state index contributed by atoms with van der Waals surface area (Å²) in [7, 11) is 0. The van der Waals surface area contributed by atoms with Crippen LogP contribution in [0.4, 0.5) is 0 Å². The van der Waals surface area contributed by atoms with Crippen molar-refractivity contribution in [3.05, 3.63) is 40.5 Å². The predicted molar refractivity (Wildman–Crippen MR) is 80.9 cm³/mol. The topological polar surface area (TPSA) is 56.2 Å². The van der Waals surface area contributed by atoms with Crippen LogP contribution < -0.4 is 5.73 Å². The van der Waals surface area contributed by atoms with Crippen LogP contribution in [0.15, 0.2) is 24.4 Å². The molecule has 0 atom stereocenters. The molecular formula is C13H15ClN4S. The largest absolute Gasteiger partial charge is 0.324 e. The van der Waals surface area contributed by atoms with Gasteiger partial charge in [-0.1, -0.05) is 29.0 Å². The molecule has 0 radical (unpaired) electrons. The second-order valence-corrected chi connectivity index (χ2v) is 5.41. The molecule has 3 rings (SSSR count). The molecule has 6 heteroatoms. The van der Waals surface area contributed by atoms with E-state index < -0.39 is 0 Å². The minimum atomic E-state index is 0. The summed E-state index contributed by atoms with van der Waals surface area (Å²) in [5.41, 5.74) is 10.2. The van der Waals surface area contributed by atoms with Gasteiger partial charge < -0.3 is 5.73 Å². The lowest BCUT2D eigenvalue weighted by molar-refractivity contribution is 0.897. The molecular weight excluding hydrogens is 280 g/mol. The molecule has 0 bridgehead atoms. The van der Waals surface area contributed by atoms with Crippen molar-refractivity contribution in [1.82, 2.24) is 14.6 Å². The maximum Gasteiger partial charge on any atom is 0.212 e. The zero-order valence-corrected chi connectivity index (χ0v) is 12.4. The van der Waals surface area contributed by atoms with Crippen molar-refractivity contribution < 1.29 is 0 Å². The first-order valence-corrected chi connectivity index (χ1v) is 6.62. The first-order valence-electron chi connectivity index (χ1n) is 5.80. The van der Waals surface area contributed by atoms with E-state index in [1.807, 2.05) is 10.7 Å². The monoisotopic (exact) mass is 294 g/mol. The molecule has 2 heterocycles. The summed E-state index contributed by atoms with van der Waals surface area (Å²) in [6.07, 6.45) is 1.97. The quantitative estimate of drug-likeness (QED) is 0.790. The molecule has 0 aliphatic rings. The summed E-state index contributed by atoms with van der Waals surface area (Å²) < 4.78 is 1.81. The van der Waals surface area contributed by atoms with Gasteiger partial charge in [0.05, 0.1) is 11.9 Å². The van der Waals surface area contributed by atoms with Gasteiger partial charge in [0.25, 0.3) is 0 Å². The van der Waals surface area contributed by atoms with Crippen LogP contribution in [-0.2, 0) is 6.54 Å². The van der Waals surface area contributed by atoms with Crippen LogP contribution in [0.5, 0.6) is 0 Å². The molecule has 0 fully saturated rings. The zero-order chi connectivity index (χ0) is 12.7. The summed E-state index contributed by atoms with van der Waals surface area (Å²) in [4.78, 5) is 5.51. The third-order valence-electron chi connectivity index (χ3n) is 2.93. The lowest BCUT2D eigenvalue weighted by atomic mass is 10.0. The van der Waals surface area contributed by atoms with E-state index in [2.05, 4.69) is 42.1 Å². The molecule has 4 nitrogen and oxygen atoms in total. The highest BCUT2D eigenvalue weighted by Gasteiger charge is 2.10. The van der Waals surface area contributed by atoms with Gasteiger partial charge in [-0.05, 0) is 25.5 Å². The van der Waals surface area contributed by atoms with E-state index in [1.165, 1.54) is 28.0 Å². The van der Waals surface area contributed by atoms with Crippen LogP contribution in [0.1, 0.15) is 16.1 Å². The van der Waals surface area contributed by atoms with Gasteiger partial charge in [0, 0.05) is 12.1 Å². The SMILES string of the molecule is Cc1ccc(C)c(-c2cn3nc(CN)sc3n2)c1.Cl. The number of benzene rings is 1. The van der Waals surface area contributed by atoms with Crippen LogP contribution in [0, 0.1) is 13.8 Å². The van der Waals surface area contributed by atoms with E-state index in [1.54, 1.807) is 0 Å². The van der Waals surface area contributed by atoms with Crippen molar-refractivity contribution in [2.45, 2.75) is 20.4 Å². The van der Waals surface area contributed by atoms with E-state index in [-0.39, 0.29) is 12.4 Å². The Hall–Kier alpha value is -1.43. The van der Waals surface area contributed by atoms with Crippen molar-refractivity contribution in [1.29, 1.82) is 0 Å². The summed E-state index contributed by atoms with van der Waals surface area (Å²) in [5, 5.41) is 5.28. The van der Waals surface area contributed by atoms with Crippen LogP contribution in [0.2, 0.25) is 0 Å². The lowest BCUT2D eigenvalue weighted by Gasteiger charge is -2.03. The second kappa shape index (κ2) is 5.28. The Bertz CT molecular complexity index is 685. The van der Waals surface area contributed by atoms with Crippen LogP contribution >= 0.6 is 23.7 Å². The summed E-state index contributed by atoms with van der Waals surface area (Å²) in [5.74, 6) is 0. The number of halogens is 1. The van der Waals surface area contributed by atoms with E-state index in [0.29, 0.717) is 6.54 Å². The van der Waals surface area contributed by atoms with Crippen LogP contribution in [0.25, 0.3) is 16.2 Å². The Balaban J connectivity index is 0.00000133. The molecule has 0 saturated heterocycles. The smallest absolute Gasteiger partial charge is 0.212 e. The first-order chi connectivity index (χ1) is 8.67. The fraction of sp³-hybridized carbons (Fsp3) is 0.231. The van der Waals surface area contributed by atoms with Crippen LogP contribution in [-0.4, -0.2) is 14.6 Å². The molecule has 0 aliphatic heterocycles. The Morgan fingerprint density at radius 3 is 2.79 bits per heavy atom. The molecule has 19 heavy (non-hydrogen) atoms. The molecule has 0 amide bonds. The number of hydrogen-bond donors (Lipinski definition) is 1. The number of aromatic nitrogens is 3. The molecule has 2 aromatic heterocycles. The number of hydrogen-bond acceptors (Lipinski definition) is 4. The van der Waals surface area contributed by atoms with Crippen molar-refractivity contribution >= 4 is 28.7 Å². The standard InChI is InChI=1S/C13H14N4S.ClH/c1-8-3-4-9(2)10(5-8)11-7-17-13(15-11)18-12(6-14)16-17;/h3-5,7H,6,14H2,1-2H3;1H. The van der Waals surface area contributed by atoms with Crippen molar-refractivity contribution in [3.63, 3.8) is 0 Å². The summed E-state index contributed by atoms with van der Waals surface area (Å²) in [6.45, 7) is 4.65. The Kier molecular flexibility index (Phi) is 3.89. The Morgan fingerprint density at radius 1 is 1.32 bits per heavy atom. The van der Waals surface area contributed by atoms with E-state index in [9.17, 15) is 0 Å². The van der Waals surface area contributed by atoms with Gasteiger partial charge in [-0.15, -0.1) is 12.4 Å². The maximum absolute atomic E-state index is 5.57. The van der Waals surface area contributed by atoms with E-state index in [4.69, 9.17) is 5.73 Å². The normalized spacial score (nSPS) is 10.7. The minimum Gasteiger partial charge on any atom is -0.324 e. The van der Waals surface area contributed by atoms with Gasteiger partial charge in [0.15, 0.2) is 0 Å². The van der Waals surface area contributed by atoms with E-state index >= 15 is 0 Å². The fourth-order valence-corrected chi connectivity index (χ4v) is 2.72. The number of nitrogens with two attached hydrogens (primary N) is 1.